The van der Waals surface area contributed by atoms with Crippen molar-refractivity contribution in [2.75, 3.05) is 13.6 Å². The topological polar surface area (TPSA) is 83.7 Å². The fraction of sp³-hybridized carbons (Fsp3) is 0.462. The number of hydrogen-bond donors (Lipinski definition) is 1. The number of amides is 1. The van der Waals surface area contributed by atoms with Crippen LogP contribution in [0.3, 0.4) is 0 Å². The average molecular weight is 297 g/mol. The van der Waals surface area contributed by atoms with Crippen LogP contribution in [0.15, 0.2) is 30.3 Å². The minimum Gasteiger partial charge on any atom is -0.368 e. The van der Waals surface area contributed by atoms with Crippen LogP contribution >= 0.6 is 0 Å². The summed E-state index contributed by atoms with van der Waals surface area (Å²) in [6.07, 6.45) is 1.15. The fourth-order valence-corrected chi connectivity index (χ4v) is 3.96. The van der Waals surface area contributed by atoms with Crippen LogP contribution in [-0.4, -0.2) is 42.6 Å². The largest absolute Gasteiger partial charge is 0.368 e. The van der Waals surface area contributed by atoms with Gasteiger partial charge < -0.3 is 5.73 Å². The third-order valence-electron chi connectivity index (χ3n) is 3.47. The predicted octanol–water partition coefficient (Wildman–Crippen LogP) is 0.313. The summed E-state index contributed by atoms with van der Waals surface area (Å²) in [5.74, 6) is -0.584. The third kappa shape index (κ3) is 3.00. The predicted molar refractivity (Wildman–Crippen MR) is 75.8 cm³/mol. The second-order valence-corrected chi connectivity index (χ2v) is 6.91. The lowest BCUT2D eigenvalue weighted by Crippen LogP contribution is -2.48. The number of rotatable bonds is 5. The summed E-state index contributed by atoms with van der Waals surface area (Å²) in [5.41, 5.74) is 6.17. The van der Waals surface area contributed by atoms with E-state index >= 15 is 0 Å². The Balaban J connectivity index is 2.15. The highest BCUT2D eigenvalue weighted by atomic mass is 32.2. The van der Waals surface area contributed by atoms with Crippen LogP contribution in [0.4, 0.5) is 0 Å². The summed E-state index contributed by atoms with van der Waals surface area (Å²) in [5, 5.41) is 0. The molecule has 1 saturated heterocycles. The first kappa shape index (κ1) is 15.0. The molecule has 0 aromatic heterocycles. The van der Waals surface area contributed by atoms with Crippen molar-refractivity contribution >= 4 is 16.1 Å². The lowest BCUT2D eigenvalue weighted by molar-refractivity contribution is -0.121. The molecule has 1 heterocycles. The Morgan fingerprint density at radius 2 is 2.05 bits per heavy atom. The second-order valence-electron chi connectivity index (χ2n) is 4.92. The number of carbonyl (C=O) groups is 1. The Morgan fingerprint density at radius 1 is 1.40 bits per heavy atom. The third-order valence-corrected chi connectivity index (χ3v) is 5.42. The molecule has 0 radical (unpaired) electrons. The van der Waals surface area contributed by atoms with Crippen molar-refractivity contribution in [3.05, 3.63) is 35.9 Å². The summed E-state index contributed by atoms with van der Waals surface area (Å²) in [7, 11) is -2.15. The van der Waals surface area contributed by atoms with Crippen LogP contribution in [-0.2, 0) is 21.5 Å². The molecule has 110 valence electrons. The Morgan fingerprint density at radius 3 is 2.65 bits per heavy atom. The smallest absolute Gasteiger partial charge is 0.282 e. The zero-order chi connectivity index (χ0) is 14.8. The molecule has 2 N–H and O–H groups in total. The molecular formula is C13H19N3O3S. The molecule has 20 heavy (non-hydrogen) atoms. The van der Waals surface area contributed by atoms with Crippen molar-refractivity contribution < 1.29 is 13.2 Å². The molecule has 1 fully saturated rings. The van der Waals surface area contributed by atoms with E-state index in [-0.39, 0.29) is 6.54 Å². The van der Waals surface area contributed by atoms with E-state index in [2.05, 4.69) is 0 Å². The zero-order valence-electron chi connectivity index (χ0n) is 11.4. The summed E-state index contributed by atoms with van der Waals surface area (Å²) >= 11 is 0. The van der Waals surface area contributed by atoms with Gasteiger partial charge in [-0.05, 0) is 18.4 Å². The van der Waals surface area contributed by atoms with Gasteiger partial charge in [0.1, 0.15) is 6.04 Å². The van der Waals surface area contributed by atoms with Gasteiger partial charge in [0.05, 0.1) is 0 Å². The van der Waals surface area contributed by atoms with E-state index in [4.69, 9.17) is 5.73 Å². The molecule has 0 bridgehead atoms. The van der Waals surface area contributed by atoms with Gasteiger partial charge in [0.2, 0.25) is 5.91 Å². The summed E-state index contributed by atoms with van der Waals surface area (Å²) in [6.45, 7) is 0.611. The number of nitrogens with two attached hydrogens (primary N) is 1. The van der Waals surface area contributed by atoms with Gasteiger partial charge in [0, 0.05) is 20.1 Å². The Labute approximate surface area is 119 Å². The van der Waals surface area contributed by atoms with Gasteiger partial charge in [-0.3, -0.25) is 4.79 Å². The van der Waals surface area contributed by atoms with Crippen molar-refractivity contribution in [1.29, 1.82) is 0 Å². The Bertz CT molecular complexity index is 574. The summed E-state index contributed by atoms with van der Waals surface area (Å²) < 4.78 is 27.5. The molecular weight excluding hydrogens is 278 g/mol. The highest BCUT2D eigenvalue weighted by molar-refractivity contribution is 7.86. The molecule has 6 nitrogen and oxygen atoms in total. The van der Waals surface area contributed by atoms with Gasteiger partial charge in [0.15, 0.2) is 0 Å². The SMILES string of the molecule is CN(Cc1ccccc1)S(=O)(=O)N1CCC[C@H]1C(N)=O. The maximum atomic E-state index is 12.5. The van der Waals surface area contributed by atoms with Gasteiger partial charge in [-0.25, -0.2) is 0 Å². The second kappa shape index (κ2) is 5.90. The van der Waals surface area contributed by atoms with E-state index in [0.717, 1.165) is 5.56 Å². The first-order chi connectivity index (χ1) is 9.43. The van der Waals surface area contributed by atoms with E-state index in [1.807, 2.05) is 30.3 Å². The Kier molecular flexibility index (Phi) is 4.42. The van der Waals surface area contributed by atoms with Gasteiger partial charge in [-0.1, -0.05) is 30.3 Å². The summed E-state index contributed by atoms with van der Waals surface area (Å²) in [6, 6.07) is 8.60. The average Bonchev–Trinajstić information content (AvgIpc) is 2.89. The lowest BCUT2D eigenvalue weighted by Gasteiger charge is -2.27. The van der Waals surface area contributed by atoms with Crippen LogP contribution in [0.5, 0.6) is 0 Å². The van der Waals surface area contributed by atoms with E-state index in [1.54, 1.807) is 0 Å². The molecule has 0 saturated carbocycles. The van der Waals surface area contributed by atoms with Crippen molar-refractivity contribution in [2.24, 2.45) is 5.73 Å². The van der Waals surface area contributed by atoms with Crippen LogP contribution in [0.1, 0.15) is 18.4 Å². The van der Waals surface area contributed by atoms with E-state index < -0.39 is 22.2 Å². The van der Waals surface area contributed by atoms with E-state index in [9.17, 15) is 13.2 Å². The lowest BCUT2D eigenvalue weighted by atomic mass is 10.2. The molecule has 2 rings (SSSR count). The van der Waals surface area contributed by atoms with Crippen LogP contribution < -0.4 is 5.73 Å². The van der Waals surface area contributed by atoms with Crippen LogP contribution in [0, 0.1) is 0 Å². The molecule has 1 aromatic rings. The van der Waals surface area contributed by atoms with Crippen LogP contribution in [0.2, 0.25) is 0 Å². The molecule has 0 spiro atoms. The van der Waals surface area contributed by atoms with Crippen molar-refractivity contribution in [3.8, 4) is 0 Å². The first-order valence-corrected chi connectivity index (χ1v) is 7.89. The van der Waals surface area contributed by atoms with Gasteiger partial charge in [-0.15, -0.1) is 0 Å². The molecule has 1 aromatic carbocycles. The highest BCUT2D eigenvalue weighted by Gasteiger charge is 2.39. The van der Waals surface area contributed by atoms with Crippen molar-refractivity contribution in [3.63, 3.8) is 0 Å². The molecule has 1 aliphatic rings. The Hall–Kier alpha value is -1.44. The number of hydrogen-bond acceptors (Lipinski definition) is 3. The number of nitrogens with zero attached hydrogens (tertiary/aromatic N) is 2. The van der Waals surface area contributed by atoms with Gasteiger partial charge >= 0.3 is 0 Å². The van der Waals surface area contributed by atoms with Crippen molar-refractivity contribution in [2.45, 2.75) is 25.4 Å². The van der Waals surface area contributed by atoms with E-state index in [1.165, 1.54) is 15.7 Å². The fourth-order valence-electron chi connectivity index (χ4n) is 2.40. The molecule has 0 aliphatic carbocycles. The molecule has 1 aliphatic heterocycles. The van der Waals surface area contributed by atoms with Crippen molar-refractivity contribution in [1.82, 2.24) is 8.61 Å². The number of benzene rings is 1. The van der Waals surface area contributed by atoms with Gasteiger partial charge in [0.25, 0.3) is 10.2 Å². The molecule has 0 unspecified atom stereocenters. The molecule has 1 amide bonds. The highest BCUT2D eigenvalue weighted by Crippen LogP contribution is 2.23. The summed E-state index contributed by atoms with van der Waals surface area (Å²) in [4.78, 5) is 11.3. The minimum absolute atomic E-state index is 0.269. The van der Waals surface area contributed by atoms with Crippen LogP contribution in [0.25, 0.3) is 0 Å². The zero-order valence-corrected chi connectivity index (χ0v) is 12.2. The quantitative estimate of drug-likeness (QED) is 0.849. The maximum Gasteiger partial charge on any atom is 0.282 e. The standard InChI is InChI=1S/C13H19N3O3S/c1-15(10-11-6-3-2-4-7-11)20(18,19)16-9-5-8-12(16)13(14)17/h2-4,6-7,12H,5,8-10H2,1H3,(H2,14,17)/t12-/m0/s1. The molecule has 1 atom stereocenters. The number of primary amides is 1. The molecule has 7 heteroatoms. The van der Waals surface area contributed by atoms with Gasteiger partial charge in [-0.2, -0.15) is 17.0 Å². The number of carbonyl (C=O) groups excluding carboxylic acids is 1. The first-order valence-electron chi connectivity index (χ1n) is 6.49. The minimum atomic E-state index is -3.67. The van der Waals surface area contributed by atoms with E-state index in [0.29, 0.717) is 19.4 Å². The normalized spacial score (nSPS) is 20.4. The maximum absolute atomic E-state index is 12.5. The monoisotopic (exact) mass is 297 g/mol.